The van der Waals surface area contributed by atoms with Gasteiger partial charge in [-0.1, -0.05) is 49.7 Å². The highest BCUT2D eigenvalue weighted by Gasteiger charge is 2.24. The van der Waals surface area contributed by atoms with Crippen LogP contribution in [0.4, 0.5) is 0 Å². The Balaban J connectivity index is 1.18. The van der Waals surface area contributed by atoms with E-state index in [0.717, 1.165) is 50.5 Å². The largest absolute Gasteiger partial charge is 0.493 e. The second-order valence-electron chi connectivity index (χ2n) is 12.7. The summed E-state index contributed by atoms with van der Waals surface area (Å²) in [7, 11) is 5.02. The normalized spacial score (nSPS) is 14.7. The molecule has 0 amide bonds. The molecule has 1 aliphatic rings. The van der Waals surface area contributed by atoms with Crippen LogP contribution in [-0.2, 0) is 25.8 Å². The molecule has 4 rings (SSSR count). The first-order valence-corrected chi connectivity index (χ1v) is 16.4. The van der Waals surface area contributed by atoms with Crippen LogP contribution in [-0.4, -0.2) is 63.9 Å². The van der Waals surface area contributed by atoms with Gasteiger partial charge in [0.1, 0.15) is 0 Å². The quantitative estimate of drug-likeness (QED) is 0.180. The topological polar surface area (TPSA) is 34.2 Å². The van der Waals surface area contributed by atoms with Gasteiger partial charge >= 0.3 is 0 Å². The Labute approximate surface area is 258 Å². The predicted molar refractivity (Wildman–Crippen MR) is 177 cm³/mol. The van der Waals surface area contributed by atoms with Crippen LogP contribution in [0, 0.1) is 19.3 Å². The van der Waals surface area contributed by atoms with Gasteiger partial charge in [0.15, 0.2) is 11.5 Å². The molecule has 1 aliphatic heterocycles. The number of methoxy groups -OCH3 is 3. The maximum atomic E-state index is 5.71. The van der Waals surface area contributed by atoms with Crippen LogP contribution in [0.5, 0.6) is 17.2 Å². The fraction of sp³-hybridized carbons (Fsp3) is 0.556. The highest BCUT2D eigenvalue weighted by molar-refractivity contribution is 7.12. The highest BCUT2D eigenvalue weighted by Crippen LogP contribution is 2.40. The minimum atomic E-state index is 0.337. The van der Waals surface area contributed by atoms with Crippen molar-refractivity contribution in [1.82, 2.24) is 9.80 Å². The van der Waals surface area contributed by atoms with Gasteiger partial charge in [0.25, 0.3) is 0 Å². The molecule has 42 heavy (non-hydrogen) atoms. The number of hydrogen-bond acceptors (Lipinski definition) is 6. The molecule has 0 spiro atoms. The number of piperazine rings is 1. The summed E-state index contributed by atoms with van der Waals surface area (Å²) in [4.78, 5) is 8.23. The van der Waals surface area contributed by atoms with Crippen LogP contribution in [0.1, 0.15) is 65.1 Å². The zero-order valence-corrected chi connectivity index (χ0v) is 27.9. The Morgan fingerprint density at radius 2 is 1.43 bits per heavy atom. The number of rotatable bonds is 15. The lowest BCUT2D eigenvalue weighted by Gasteiger charge is -2.36. The summed E-state index contributed by atoms with van der Waals surface area (Å²) < 4.78 is 16.7. The van der Waals surface area contributed by atoms with E-state index in [-0.39, 0.29) is 0 Å². The lowest BCUT2D eigenvalue weighted by Crippen LogP contribution is -2.46. The van der Waals surface area contributed by atoms with E-state index in [0.29, 0.717) is 16.9 Å². The standard InChI is InChI=1S/C36H52N2O3S/c1-27-11-13-29(14-12-27)9-8-10-32-25-30(28(2)42-32)17-18-36(3,4)19-20-37-21-23-38(24-22-37)26-31-15-16-33(39-5)35(41-7)34(31)40-6/h11-16,25H,8-10,17-24,26H2,1-7H3. The van der Waals surface area contributed by atoms with Crippen molar-refractivity contribution < 1.29 is 14.2 Å². The van der Waals surface area contributed by atoms with Gasteiger partial charge in [-0.25, -0.2) is 0 Å². The third-order valence-electron chi connectivity index (χ3n) is 8.90. The molecule has 1 aromatic heterocycles. The van der Waals surface area contributed by atoms with E-state index >= 15 is 0 Å². The van der Waals surface area contributed by atoms with E-state index < -0.39 is 0 Å². The van der Waals surface area contributed by atoms with Crippen molar-refractivity contribution in [1.29, 1.82) is 0 Å². The molecule has 1 saturated heterocycles. The Morgan fingerprint density at radius 1 is 0.738 bits per heavy atom. The molecule has 0 unspecified atom stereocenters. The number of benzene rings is 2. The van der Waals surface area contributed by atoms with Gasteiger partial charge < -0.3 is 19.1 Å². The van der Waals surface area contributed by atoms with E-state index in [2.05, 4.69) is 73.9 Å². The van der Waals surface area contributed by atoms with Crippen LogP contribution in [0.2, 0.25) is 0 Å². The minimum absolute atomic E-state index is 0.337. The molecule has 0 N–H and O–H groups in total. The summed E-state index contributed by atoms with van der Waals surface area (Å²) in [6, 6.07) is 15.6. The first-order chi connectivity index (χ1) is 20.2. The number of aryl methyl sites for hydroxylation is 5. The monoisotopic (exact) mass is 592 g/mol. The SMILES string of the molecule is COc1ccc(CN2CCN(CCC(C)(C)CCc3cc(CCCc4ccc(C)cc4)sc3C)CC2)c(OC)c1OC. The highest BCUT2D eigenvalue weighted by atomic mass is 32.1. The fourth-order valence-corrected chi connectivity index (χ4v) is 7.07. The molecule has 0 atom stereocenters. The molecule has 1 fully saturated rings. The average Bonchev–Trinajstić information content (AvgIpc) is 3.35. The second kappa shape index (κ2) is 15.3. The van der Waals surface area contributed by atoms with E-state index in [1.165, 1.54) is 54.7 Å². The van der Waals surface area contributed by atoms with Crippen LogP contribution >= 0.6 is 11.3 Å². The van der Waals surface area contributed by atoms with Gasteiger partial charge in [-0.3, -0.25) is 4.90 Å². The fourth-order valence-electron chi connectivity index (χ4n) is 5.94. The zero-order valence-electron chi connectivity index (χ0n) is 27.1. The third kappa shape index (κ3) is 8.98. The van der Waals surface area contributed by atoms with Crippen LogP contribution in [0.15, 0.2) is 42.5 Å². The maximum absolute atomic E-state index is 5.71. The molecule has 5 nitrogen and oxygen atoms in total. The van der Waals surface area contributed by atoms with Gasteiger partial charge in [0.2, 0.25) is 5.75 Å². The summed E-state index contributed by atoms with van der Waals surface area (Å²) in [5.41, 5.74) is 5.84. The van der Waals surface area contributed by atoms with Crippen molar-refractivity contribution in [3.05, 3.63) is 74.5 Å². The molecule has 0 radical (unpaired) electrons. The van der Waals surface area contributed by atoms with E-state index in [4.69, 9.17) is 14.2 Å². The summed E-state index contributed by atoms with van der Waals surface area (Å²) in [6.07, 6.45) is 7.25. The molecule has 2 aromatic carbocycles. The van der Waals surface area contributed by atoms with Crippen LogP contribution in [0.25, 0.3) is 0 Å². The Hall–Kier alpha value is -2.54. The number of ether oxygens (including phenoxy) is 3. The zero-order chi connectivity index (χ0) is 30.1. The summed E-state index contributed by atoms with van der Waals surface area (Å²) in [6.45, 7) is 15.8. The molecule has 230 valence electrons. The van der Waals surface area contributed by atoms with Crippen molar-refractivity contribution in [2.24, 2.45) is 5.41 Å². The molecule has 2 heterocycles. The van der Waals surface area contributed by atoms with Crippen molar-refractivity contribution in [3.8, 4) is 17.2 Å². The minimum Gasteiger partial charge on any atom is -0.493 e. The van der Waals surface area contributed by atoms with Gasteiger partial charge in [-0.05, 0) is 87.6 Å². The van der Waals surface area contributed by atoms with Crippen molar-refractivity contribution in [2.45, 2.75) is 72.8 Å². The first kappa shape index (κ1) is 32.4. The van der Waals surface area contributed by atoms with Crippen molar-refractivity contribution in [3.63, 3.8) is 0 Å². The van der Waals surface area contributed by atoms with Crippen molar-refractivity contribution >= 4 is 11.3 Å². The van der Waals surface area contributed by atoms with Crippen LogP contribution < -0.4 is 14.2 Å². The van der Waals surface area contributed by atoms with E-state index in [9.17, 15) is 0 Å². The summed E-state index contributed by atoms with van der Waals surface area (Å²) in [5, 5.41) is 0. The molecule has 0 aliphatic carbocycles. The summed E-state index contributed by atoms with van der Waals surface area (Å²) in [5.74, 6) is 2.15. The van der Waals surface area contributed by atoms with Crippen molar-refractivity contribution in [2.75, 3.05) is 54.1 Å². The molecular weight excluding hydrogens is 540 g/mol. The first-order valence-electron chi connectivity index (χ1n) is 15.6. The number of nitrogens with zero attached hydrogens (tertiary/aromatic N) is 2. The number of thiophene rings is 1. The second-order valence-corrected chi connectivity index (χ2v) is 14.0. The van der Waals surface area contributed by atoms with Gasteiger partial charge in [0, 0.05) is 48.0 Å². The molecule has 6 heteroatoms. The molecule has 0 bridgehead atoms. The van der Waals surface area contributed by atoms with Gasteiger partial charge in [0.05, 0.1) is 21.3 Å². The average molecular weight is 593 g/mol. The van der Waals surface area contributed by atoms with Gasteiger partial charge in [-0.15, -0.1) is 11.3 Å². The lowest BCUT2D eigenvalue weighted by molar-refractivity contribution is 0.112. The predicted octanol–water partition coefficient (Wildman–Crippen LogP) is 7.73. The third-order valence-corrected chi connectivity index (χ3v) is 10.1. The summed E-state index contributed by atoms with van der Waals surface area (Å²) >= 11 is 2.01. The smallest absolute Gasteiger partial charge is 0.203 e. The van der Waals surface area contributed by atoms with Gasteiger partial charge in [-0.2, -0.15) is 0 Å². The van der Waals surface area contributed by atoms with E-state index in [1.54, 1.807) is 31.8 Å². The Kier molecular flexibility index (Phi) is 11.8. The lowest BCUT2D eigenvalue weighted by atomic mass is 9.83. The maximum Gasteiger partial charge on any atom is 0.203 e. The Bertz CT molecular complexity index is 1260. The van der Waals surface area contributed by atoms with E-state index in [1.807, 2.05) is 17.4 Å². The number of hydrogen-bond donors (Lipinski definition) is 0. The Morgan fingerprint density at radius 3 is 2.10 bits per heavy atom. The molecule has 3 aromatic rings. The van der Waals surface area contributed by atoms with Crippen LogP contribution in [0.3, 0.4) is 0 Å². The molecular formula is C36H52N2O3S. The molecule has 0 saturated carbocycles.